The van der Waals surface area contributed by atoms with Crippen molar-refractivity contribution >= 4 is 33.4 Å². The Morgan fingerprint density at radius 2 is 2.16 bits per heavy atom. The maximum Gasteiger partial charge on any atom is 0.253 e. The highest BCUT2D eigenvalue weighted by Crippen LogP contribution is 2.31. The van der Waals surface area contributed by atoms with E-state index in [0.717, 1.165) is 39.4 Å². The van der Waals surface area contributed by atoms with Gasteiger partial charge in [0.25, 0.3) is 5.91 Å². The number of nitrogens with one attached hydrogen (secondary N) is 2. The van der Waals surface area contributed by atoms with Gasteiger partial charge in [0, 0.05) is 41.0 Å². The van der Waals surface area contributed by atoms with Gasteiger partial charge in [0.05, 0.1) is 11.1 Å². The molecule has 4 rings (SSSR count). The van der Waals surface area contributed by atoms with Crippen LogP contribution in [0, 0.1) is 0 Å². The molecule has 0 aliphatic carbocycles. The summed E-state index contributed by atoms with van der Waals surface area (Å²) in [4.78, 5) is 19.5. The summed E-state index contributed by atoms with van der Waals surface area (Å²) < 4.78 is 0. The second-order valence-electron chi connectivity index (χ2n) is 4.80. The van der Waals surface area contributed by atoms with Crippen LogP contribution in [0.5, 0.6) is 0 Å². The topological polar surface area (TPSA) is 83.8 Å². The average Bonchev–Trinajstić information content (AvgIpc) is 2.79. The summed E-state index contributed by atoms with van der Waals surface area (Å²) in [5.74, 6) is 0.478. The fourth-order valence-electron chi connectivity index (χ4n) is 2.79. The van der Waals surface area contributed by atoms with Crippen molar-refractivity contribution in [3.8, 4) is 0 Å². The van der Waals surface area contributed by atoms with Gasteiger partial charge in [0.2, 0.25) is 0 Å². The van der Waals surface area contributed by atoms with Gasteiger partial charge in [-0.05, 0) is 6.07 Å². The number of aromatic nitrogens is 2. The third kappa shape index (κ3) is 1.35. The molecule has 0 unspecified atom stereocenters. The molecule has 1 aliphatic heterocycles. The first kappa shape index (κ1) is 10.4. The third-order valence-corrected chi connectivity index (χ3v) is 3.66. The van der Waals surface area contributed by atoms with Crippen LogP contribution in [0.4, 0.5) is 5.82 Å². The molecule has 0 saturated carbocycles. The number of H-pyrrole nitrogens is 1. The van der Waals surface area contributed by atoms with E-state index < -0.39 is 0 Å². The van der Waals surface area contributed by atoms with E-state index in [-0.39, 0.29) is 5.91 Å². The van der Waals surface area contributed by atoms with Gasteiger partial charge in [-0.1, -0.05) is 12.1 Å². The number of nitrogens with zero attached hydrogens (tertiary/aromatic N) is 1. The molecule has 0 bridgehead atoms. The standard InChI is InChI=1S/C14H12N4O/c15-11-5-9-7(6-17-11)1-2-8-12-10(18-13(8)9)3-4-16-14(12)19/h1-2,5-6,18H,3-4H2,(H2,15,17)(H,16,19). The lowest BCUT2D eigenvalue weighted by Crippen LogP contribution is -2.31. The third-order valence-electron chi connectivity index (χ3n) is 3.66. The van der Waals surface area contributed by atoms with Crippen molar-refractivity contribution in [2.75, 3.05) is 12.3 Å². The normalized spacial score (nSPS) is 14.6. The first-order chi connectivity index (χ1) is 9.24. The van der Waals surface area contributed by atoms with Crippen molar-refractivity contribution in [2.24, 2.45) is 0 Å². The van der Waals surface area contributed by atoms with E-state index in [2.05, 4.69) is 15.3 Å². The van der Waals surface area contributed by atoms with Crippen LogP contribution in [0.15, 0.2) is 24.4 Å². The zero-order valence-electron chi connectivity index (χ0n) is 10.2. The van der Waals surface area contributed by atoms with Crippen molar-refractivity contribution in [2.45, 2.75) is 6.42 Å². The number of carbonyl (C=O) groups is 1. The smallest absolute Gasteiger partial charge is 0.253 e. The fraction of sp³-hybridized carbons (Fsp3) is 0.143. The maximum atomic E-state index is 12.0. The summed E-state index contributed by atoms with van der Waals surface area (Å²) in [5, 5.41) is 5.85. The molecule has 3 aromatic rings. The number of nitrogen functional groups attached to an aromatic ring is 1. The van der Waals surface area contributed by atoms with E-state index >= 15 is 0 Å². The largest absolute Gasteiger partial charge is 0.384 e. The van der Waals surface area contributed by atoms with Gasteiger partial charge in [0.1, 0.15) is 5.82 Å². The van der Waals surface area contributed by atoms with Crippen molar-refractivity contribution in [1.29, 1.82) is 0 Å². The van der Waals surface area contributed by atoms with Gasteiger partial charge in [-0.15, -0.1) is 0 Å². The summed E-state index contributed by atoms with van der Waals surface area (Å²) in [6.07, 6.45) is 2.59. The lowest BCUT2D eigenvalue weighted by Gasteiger charge is -2.11. The minimum atomic E-state index is -0.00567. The molecule has 5 heteroatoms. The SMILES string of the molecule is Nc1cc2c(ccc3c4c([nH]c32)CCNC4=O)cn1. The number of aromatic amines is 1. The predicted molar refractivity (Wildman–Crippen MR) is 74.0 cm³/mol. The van der Waals surface area contributed by atoms with E-state index in [1.807, 2.05) is 18.2 Å². The van der Waals surface area contributed by atoms with E-state index in [9.17, 15) is 4.79 Å². The molecule has 1 aliphatic rings. The molecule has 4 N–H and O–H groups in total. The van der Waals surface area contributed by atoms with Crippen molar-refractivity contribution in [3.05, 3.63) is 35.7 Å². The van der Waals surface area contributed by atoms with Crippen LogP contribution in [0.2, 0.25) is 0 Å². The summed E-state index contributed by atoms with van der Waals surface area (Å²) in [7, 11) is 0. The second-order valence-corrected chi connectivity index (χ2v) is 4.80. The quantitative estimate of drug-likeness (QED) is 0.568. The van der Waals surface area contributed by atoms with Crippen molar-refractivity contribution in [1.82, 2.24) is 15.3 Å². The number of fused-ring (bicyclic) bond motifs is 5. The average molecular weight is 252 g/mol. The summed E-state index contributed by atoms with van der Waals surface area (Å²) >= 11 is 0. The van der Waals surface area contributed by atoms with E-state index in [1.54, 1.807) is 6.20 Å². The Balaban J connectivity index is 2.17. The van der Waals surface area contributed by atoms with E-state index in [1.165, 1.54) is 0 Å². The maximum absolute atomic E-state index is 12.0. The van der Waals surface area contributed by atoms with Crippen LogP contribution in [0.1, 0.15) is 16.1 Å². The van der Waals surface area contributed by atoms with Crippen LogP contribution < -0.4 is 11.1 Å². The molecule has 0 radical (unpaired) electrons. The zero-order valence-corrected chi connectivity index (χ0v) is 10.2. The second kappa shape index (κ2) is 3.47. The lowest BCUT2D eigenvalue weighted by atomic mass is 10.0. The highest BCUT2D eigenvalue weighted by Gasteiger charge is 2.22. The minimum Gasteiger partial charge on any atom is -0.384 e. The molecule has 0 fully saturated rings. The molecule has 3 heterocycles. The summed E-state index contributed by atoms with van der Waals surface area (Å²) in [5.41, 5.74) is 8.49. The lowest BCUT2D eigenvalue weighted by molar-refractivity contribution is 0.0947. The monoisotopic (exact) mass is 252 g/mol. The zero-order chi connectivity index (χ0) is 13.0. The number of anilines is 1. The molecule has 2 aromatic heterocycles. The van der Waals surface area contributed by atoms with Gasteiger partial charge in [-0.2, -0.15) is 0 Å². The number of hydrogen-bond acceptors (Lipinski definition) is 3. The molecular weight excluding hydrogens is 240 g/mol. The van der Waals surface area contributed by atoms with Gasteiger partial charge >= 0.3 is 0 Å². The molecule has 1 amide bonds. The van der Waals surface area contributed by atoms with Gasteiger partial charge in [0.15, 0.2) is 0 Å². The molecule has 0 spiro atoms. The van der Waals surface area contributed by atoms with Crippen LogP contribution >= 0.6 is 0 Å². The number of nitrogens with two attached hydrogens (primary N) is 1. The van der Waals surface area contributed by atoms with E-state index in [4.69, 9.17) is 5.73 Å². The van der Waals surface area contributed by atoms with Gasteiger partial charge in [-0.25, -0.2) is 4.98 Å². The number of amides is 1. The Labute approximate surface area is 108 Å². The Hall–Kier alpha value is -2.56. The van der Waals surface area contributed by atoms with Crippen LogP contribution in [-0.2, 0) is 6.42 Å². The fourth-order valence-corrected chi connectivity index (χ4v) is 2.79. The predicted octanol–water partition coefficient (Wildman–Crippen LogP) is 1.58. The summed E-state index contributed by atoms with van der Waals surface area (Å²) in [6.45, 7) is 0.681. The van der Waals surface area contributed by atoms with Gasteiger partial charge < -0.3 is 16.0 Å². The number of hydrogen-bond donors (Lipinski definition) is 3. The van der Waals surface area contributed by atoms with Crippen molar-refractivity contribution in [3.63, 3.8) is 0 Å². The Bertz CT molecular complexity index is 834. The van der Waals surface area contributed by atoms with Gasteiger partial charge in [-0.3, -0.25) is 4.79 Å². The minimum absolute atomic E-state index is 0.00567. The molecule has 94 valence electrons. The first-order valence-electron chi connectivity index (χ1n) is 6.21. The highest BCUT2D eigenvalue weighted by atomic mass is 16.1. The summed E-state index contributed by atoms with van der Waals surface area (Å²) in [6, 6.07) is 5.79. The Morgan fingerprint density at radius 1 is 1.26 bits per heavy atom. The molecule has 19 heavy (non-hydrogen) atoms. The van der Waals surface area contributed by atoms with Crippen LogP contribution in [-0.4, -0.2) is 22.4 Å². The number of pyridine rings is 1. The van der Waals surface area contributed by atoms with Crippen LogP contribution in [0.25, 0.3) is 21.7 Å². The Kier molecular flexibility index (Phi) is 1.90. The molecule has 1 aromatic carbocycles. The molecule has 0 atom stereocenters. The molecule has 0 saturated heterocycles. The highest BCUT2D eigenvalue weighted by molar-refractivity contribution is 6.15. The molecule has 5 nitrogen and oxygen atoms in total. The number of rotatable bonds is 0. The van der Waals surface area contributed by atoms with Crippen LogP contribution in [0.3, 0.4) is 0 Å². The van der Waals surface area contributed by atoms with Crippen molar-refractivity contribution < 1.29 is 4.79 Å². The number of benzene rings is 1. The number of carbonyl (C=O) groups excluding carboxylic acids is 1. The Morgan fingerprint density at radius 3 is 3.05 bits per heavy atom. The van der Waals surface area contributed by atoms with E-state index in [0.29, 0.717) is 12.4 Å². The molecular formula is C14H12N4O. The first-order valence-corrected chi connectivity index (χ1v) is 6.21.